The Bertz CT molecular complexity index is 383. The molecule has 0 atom stereocenters. The largest absolute Gasteiger partial charge is 0.506 e. The Morgan fingerprint density at radius 1 is 1.20 bits per heavy atom. The molecule has 3 N–H and O–H groups in total. The molecule has 3 heteroatoms. The highest BCUT2D eigenvalue weighted by molar-refractivity contribution is 5.78. The molecule has 3 nitrogen and oxygen atoms in total. The van der Waals surface area contributed by atoms with Crippen molar-refractivity contribution in [3.05, 3.63) is 18.2 Å². The minimum absolute atomic E-state index is 0.237. The van der Waals surface area contributed by atoms with E-state index in [0.717, 1.165) is 17.9 Å². The highest BCUT2D eigenvalue weighted by Gasteiger charge is 2.37. The summed E-state index contributed by atoms with van der Waals surface area (Å²) in [5.74, 6) is 0.341. The van der Waals surface area contributed by atoms with Crippen LogP contribution in [0.4, 0.5) is 11.4 Å². The number of phenols is 1. The molecule has 1 saturated carbocycles. The van der Waals surface area contributed by atoms with Crippen LogP contribution in [0, 0.1) is 0 Å². The lowest BCUT2D eigenvalue weighted by Gasteiger charge is -2.37. The third-order valence-corrected chi connectivity index (χ3v) is 3.61. The number of hydrogen-bond donors (Lipinski definition) is 3. The van der Waals surface area contributed by atoms with E-state index in [1.807, 2.05) is 12.1 Å². The van der Waals surface area contributed by atoms with Crippen LogP contribution in [-0.2, 0) is 0 Å². The second kappa shape index (κ2) is 3.05. The lowest BCUT2D eigenvalue weighted by atomic mass is 9.94. The Kier molecular flexibility index (Phi) is 1.81. The van der Waals surface area contributed by atoms with Crippen LogP contribution in [0.5, 0.6) is 5.75 Å². The van der Waals surface area contributed by atoms with Crippen LogP contribution in [0.2, 0.25) is 0 Å². The molecule has 3 rings (SSSR count). The highest BCUT2D eigenvalue weighted by Crippen LogP contribution is 2.42. The topological polar surface area (TPSA) is 44.3 Å². The predicted octanol–water partition coefficient (Wildman–Crippen LogP) is 2.54. The lowest BCUT2D eigenvalue weighted by Crippen LogP contribution is -2.45. The molecule has 2 aliphatic rings. The molecule has 0 saturated heterocycles. The molecule has 1 aliphatic heterocycles. The van der Waals surface area contributed by atoms with Gasteiger partial charge in [0, 0.05) is 6.54 Å². The number of phenolic OH excluding ortho intramolecular Hbond substituents is 1. The van der Waals surface area contributed by atoms with E-state index >= 15 is 0 Å². The fraction of sp³-hybridized carbons (Fsp3) is 0.500. The third-order valence-electron chi connectivity index (χ3n) is 3.61. The summed E-state index contributed by atoms with van der Waals surface area (Å²) in [5, 5.41) is 16.6. The number of anilines is 2. The summed E-state index contributed by atoms with van der Waals surface area (Å²) in [6.45, 7) is 0.928. The van der Waals surface area contributed by atoms with Crippen molar-refractivity contribution < 1.29 is 5.11 Å². The molecular weight excluding hydrogens is 188 g/mol. The van der Waals surface area contributed by atoms with Crippen LogP contribution in [0.3, 0.4) is 0 Å². The van der Waals surface area contributed by atoms with Gasteiger partial charge in [0.15, 0.2) is 0 Å². The molecule has 0 amide bonds. The number of hydrogen-bond acceptors (Lipinski definition) is 3. The molecule has 0 radical (unpaired) electrons. The van der Waals surface area contributed by atoms with E-state index < -0.39 is 0 Å². The summed E-state index contributed by atoms with van der Waals surface area (Å²) in [6.07, 6.45) is 5.08. The van der Waals surface area contributed by atoms with Crippen molar-refractivity contribution in [2.75, 3.05) is 17.2 Å². The van der Waals surface area contributed by atoms with Gasteiger partial charge in [-0.2, -0.15) is 0 Å². The first kappa shape index (κ1) is 8.89. The number of fused-ring (bicyclic) bond motifs is 1. The van der Waals surface area contributed by atoms with E-state index in [2.05, 4.69) is 10.6 Å². The second-order valence-corrected chi connectivity index (χ2v) is 4.67. The summed E-state index contributed by atoms with van der Waals surface area (Å²) in [5.41, 5.74) is 2.14. The molecule has 1 aromatic carbocycles. The number of benzene rings is 1. The maximum Gasteiger partial charge on any atom is 0.140 e. The maximum absolute atomic E-state index is 9.69. The summed E-state index contributed by atoms with van der Waals surface area (Å²) in [6, 6.07) is 5.64. The lowest BCUT2D eigenvalue weighted by molar-refractivity contribution is 0.467. The normalized spacial score (nSPS) is 21.9. The minimum Gasteiger partial charge on any atom is -0.506 e. The first-order chi connectivity index (χ1) is 7.29. The van der Waals surface area contributed by atoms with Gasteiger partial charge in [-0.25, -0.2) is 0 Å². The fourth-order valence-corrected chi connectivity index (χ4v) is 2.77. The molecule has 0 aromatic heterocycles. The Morgan fingerprint density at radius 3 is 2.80 bits per heavy atom. The van der Waals surface area contributed by atoms with E-state index in [1.165, 1.54) is 25.7 Å². The first-order valence-electron chi connectivity index (χ1n) is 5.63. The van der Waals surface area contributed by atoms with Crippen LogP contribution < -0.4 is 10.6 Å². The number of rotatable bonds is 0. The molecule has 1 spiro atoms. The van der Waals surface area contributed by atoms with Crippen LogP contribution in [0.25, 0.3) is 0 Å². The number of para-hydroxylation sites is 1. The highest BCUT2D eigenvalue weighted by atomic mass is 16.3. The van der Waals surface area contributed by atoms with Gasteiger partial charge in [-0.3, -0.25) is 0 Å². The second-order valence-electron chi connectivity index (χ2n) is 4.67. The first-order valence-corrected chi connectivity index (χ1v) is 5.63. The Hall–Kier alpha value is -1.38. The zero-order valence-electron chi connectivity index (χ0n) is 8.71. The Labute approximate surface area is 89.5 Å². The summed E-state index contributed by atoms with van der Waals surface area (Å²) in [4.78, 5) is 0. The van der Waals surface area contributed by atoms with Crippen LogP contribution in [0.1, 0.15) is 25.7 Å². The number of nitrogens with one attached hydrogen (secondary N) is 2. The quantitative estimate of drug-likeness (QED) is 0.569. The van der Waals surface area contributed by atoms with Gasteiger partial charge in [0.2, 0.25) is 0 Å². The van der Waals surface area contributed by atoms with Crippen LogP contribution in [-0.4, -0.2) is 17.2 Å². The third kappa shape index (κ3) is 1.34. The molecule has 1 fully saturated rings. The van der Waals surface area contributed by atoms with E-state index in [1.54, 1.807) is 6.07 Å². The average Bonchev–Trinajstić information content (AvgIpc) is 2.66. The molecule has 80 valence electrons. The molecule has 1 aromatic rings. The Morgan fingerprint density at radius 2 is 2.00 bits per heavy atom. The van der Waals surface area contributed by atoms with Crippen molar-refractivity contribution in [2.24, 2.45) is 0 Å². The zero-order chi connectivity index (χ0) is 10.3. The summed E-state index contributed by atoms with van der Waals surface area (Å²) < 4.78 is 0. The molecule has 1 heterocycles. The van der Waals surface area contributed by atoms with E-state index in [-0.39, 0.29) is 5.54 Å². The summed E-state index contributed by atoms with van der Waals surface area (Å²) in [7, 11) is 0. The molecule has 0 unspecified atom stereocenters. The fourth-order valence-electron chi connectivity index (χ4n) is 2.77. The molecule has 1 aliphatic carbocycles. The van der Waals surface area contributed by atoms with Gasteiger partial charge < -0.3 is 15.7 Å². The van der Waals surface area contributed by atoms with Gasteiger partial charge in [0.25, 0.3) is 0 Å². The van der Waals surface area contributed by atoms with E-state index in [0.29, 0.717) is 5.75 Å². The Balaban J connectivity index is 1.96. The van der Waals surface area contributed by atoms with Crippen LogP contribution in [0.15, 0.2) is 18.2 Å². The van der Waals surface area contributed by atoms with Gasteiger partial charge >= 0.3 is 0 Å². The van der Waals surface area contributed by atoms with E-state index in [9.17, 15) is 5.11 Å². The van der Waals surface area contributed by atoms with Crippen LogP contribution >= 0.6 is 0 Å². The van der Waals surface area contributed by atoms with Crippen molar-refractivity contribution in [1.82, 2.24) is 0 Å². The van der Waals surface area contributed by atoms with E-state index in [4.69, 9.17) is 0 Å². The zero-order valence-corrected chi connectivity index (χ0v) is 8.71. The van der Waals surface area contributed by atoms with Gasteiger partial charge in [0.1, 0.15) is 11.4 Å². The average molecular weight is 204 g/mol. The minimum atomic E-state index is 0.237. The maximum atomic E-state index is 9.69. The van der Waals surface area contributed by atoms with Gasteiger partial charge in [0.05, 0.1) is 11.2 Å². The van der Waals surface area contributed by atoms with Crippen molar-refractivity contribution >= 4 is 11.4 Å². The SMILES string of the molecule is Oc1cccc2c1NCC1(CCCC1)N2. The van der Waals surface area contributed by atoms with Gasteiger partial charge in [-0.05, 0) is 25.0 Å². The smallest absolute Gasteiger partial charge is 0.140 e. The molecular formula is C12H16N2O. The predicted molar refractivity (Wildman–Crippen MR) is 61.4 cm³/mol. The van der Waals surface area contributed by atoms with Crippen molar-refractivity contribution in [1.29, 1.82) is 0 Å². The molecule has 15 heavy (non-hydrogen) atoms. The van der Waals surface area contributed by atoms with Gasteiger partial charge in [-0.1, -0.05) is 18.9 Å². The van der Waals surface area contributed by atoms with Crippen molar-refractivity contribution in [3.63, 3.8) is 0 Å². The van der Waals surface area contributed by atoms with Crippen molar-refractivity contribution in [3.8, 4) is 5.75 Å². The molecule has 0 bridgehead atoms. The van der Waals surface area contributed by atoms with Crippen molar-refractivity contribution in [2.45, 2.75) is 31.2 Å². The number of aromatic hydroxyl groups is 1. The monoisotopic (exact) mass is 204 g/mol. The summed E-state index contributed by atoms with van der Waals surface area (Å²) >= 11 is 0. The standard InChI is InChI=1S/C12H16N2O/c15-10-5-3-4-9-11(10)13-8-12(14-9)6-1-2-7-12/h3-5,13-15H,1-2,6-8H2. The van der Waals surface area contributed by atoms with Gasteiger partial charge in [-0.15, -0.1) is 0 Å².